The van der Waals surface area contributed by atoms with Crippen LogP contribution < -0.4 is 10.1 Å². The summed E-state index contributed by atoms with van der Waals surface area (Å²) in [5, 5.41) is 3.25. The smallest absolute Gasteiger partial charge is 0.126 e. The van der Waals surface area contributed by atoms with E-state index < -0.39 is 0 Å². The fraction of sp³-hybridized carbons (Fsp3) is 0.294. The van der Waals surface area contributed by atoms with Crippen molar-refractivity contribution in [3.05, 3.63) is 63.9 Å². The van der Waals surface area contributed by atoms with Crippen LogP contribution in [-0.4, -0.2) is 13.7 Å². The Morgan fingerprint density at radius 2 is 2.00 bits per heavy atom. The van der Waals surface area contributed by atoms with Crippen LogP contribution in [0.25, 0.3) is 0 Å². The molecule has 1 unspecified atom stereocenters. The summed E-state index contributed by atoms with van der Waals surface area (Å²) in [7, 11) is 1.88. The fourth-order valence-corrected chi connectivity index (χ4v) is 2.71. The summed E-state index contributed by atoms with van der Waals surface area (Å²) < 4.78 is 20.5. The maximum absolute atomic E-state index is 13.9. The van der Waals surface area contributed by atoms with E-state index in [0.717, 1.165) is 15.8 Å². The van der Waals surface area contributed by atoms with Crippen molar-refractivity contribution in [2.45, 2.75) is 19.4 Å². The molecule has 0 heterocycles. The zero-order chi connectivity index (χ0) is 15.2. The van der Waals surface area contributed by atoms with E-state index in [9.17, 15) is 4.39 Å². The van der Waals surface area contributed by atoms with Gasteiger partial charge in [-0.15, -0.1) is 0 Å². The van der Waals surface area contributed by atoms with Gasteiger partial charge in [-0.3, -0.25) is 0 Å². The Morgan fingerprint density at radius 3 is 2.67 bits per heavy atom. The molecule has 1 N–H and O–H groups in total. The summed E-state index contributed by atoms with van der Waals surface area (Å²) in [5.41, 5.74) is 1.72. The quantitative estimate of drug-likeness (QED) is 0.827. The van der Waals surface area contributed by atoms with Gasteiger partial charge in [0.15, 0.2) is 0 Å². The minimum absolute atomic E-state index is 0.0130. The van der Waals surface area contributed by atoms with Crippen molar-refractivity contribution in [3.8, 4) is 5.75 Å². The minimum atomic E-state index is -0.175. The number of benzene rings is 2. The van der Waals surface area contributed by atoms with E-state index in [1.165, 1.54) is 6.07 Å². The van der Waals surface area contributed by atoms with Gasteiger partial charge in [0.05, 0.1) is 6.61 Å². The fourth-order valence-electron chi connectivity index (χ4n) is 2.33. The van der Waals surface area contributed by atoms with Crippen molar-refractivity contribution >= 4 is 15.9 Å². The molecule has 0 fully saturated rings. The van der Waals surface area contributed by atoms with E-state index in [2.05, 4.69) is 21.2 Å². The minimum Gasteiger partial charge on any atom is -0.494 e. The van der Waals surface area contributed by atoms with Crippen LogP contribution in [0.2, 0.25) is 0 Å². The highest BCUT2D eigenvalue weighted by atomic mass is 79.9. The lowest BCUT2D eigenvalue weighted by Gasteiger charge is -2.20. The van der Waals surface area contributed by atoms with E-state index >= 15 is 0 Å². The molecular weight excluding hydrogens is 333 g/mol. The van der Waals surface area contributed by atoms with E-state index in [1.807, 2.05) is 44.3 Å². The van der Waals surface area contributed by atoms with Gasteiger partial charge >= 0.3 is 0 Å². The van der Waals surface area contributed by atoms with Crippen molar-refractivity contribution in [3.63, 3.8) is 0 Å². The summed E-state index contributed by atoms with van der Waals surface area (Å²) in [6.45, 7) is 2.56. The summed E-state index contributed by atoms with van der Waals surface area (Å²) in [4.78, 5) is 0. The van der Waals surface area contributed by atoms with E-state index in [-0.39, 0.29) is 11.9 Å². The summed E-state index contributed by atoms with van der Waals surface area (Å²) in [5.74, 6) is 0.655. The molecule has 2 rings (SSSR count). The van der Waals surface area contributed by atoms with Crippen LogP contribution in [0.3, 0.4) is 0 Å². The Labute approximate surface area is 133 Å². The van der Waals surface area contributed by atoms with Gasteiger partial charge < -0.3 is 10.1 Å². The number of hydrogen-bond donors (Lipinski definition) is 1. The highest BCUT2D eigenvalue weighted by Gasteiger charge is 2.17. The van der Waals surface area contributed by atoms with Crippen LogP contribution in [0, 0.1) is 5.82 Å². The highest BCUT2D eigenvalue weighted by Crippen LogP contribution is 2.31. The van der Waals surface area contributed by atoms with Crippen molar-refractivity contribution in [1.82, 2.24) is 5.32 Å². The third kappa shape index (κ3) is 4.05. The first-order chi connectivity index (χ1) is 10.2. The molecule has 4 heteroatoms. The first-order valence-electron chi connectivity index (χ1n) is 6.98. The Bertz CT molecular complexity index is 603. The molecule has 0 saturated carbocycles. The van der Waals surface area contributed by atoms with Gasteiger partial charge in [0.2, 0.25) is 0 Å². The first-order valence-corrected chi connectivity index (χ1v) is 7.78. The topological polar surface area (TPSA) is 21.3 Å². The molecule has 1 atom stereocenters. The van der Waals surface area contributed by atoms with Gasteiger partial charge in [0.1, 0.15) is 11.6 Å². The number of ether oxygens (including phenoxy) is 1. The number of likely N-dealkylation sites (N-methyl/N-ethyl adjacent to an activating group) is 1. The van der Waals surface area contributed by atoms with Gasteiger partial charge in [-0.05, 0) is 50.2 Å². The summed E-state index contributed by atoms with van der Waals surface area (Å²) in [6.07, 6.45) is 0.569. The van der Waals surface area contributed by atoms with Gasteiger partial charge in [0, 0.05) is 16.1 Å². The van der Waals surface area contributed by atoms with Crippen molar-refractivity contribution in [1.29, 1.82) is 0 Å². The molecular formula is C17H19BrFNO. The summed E-state index contributed by atoms with van der Waals surface area (Å²) >= 11 is 3.49. The van der Waals surface area contributed by atoms with Gasteiger partial charge in [0.25, 0.3) is 0 Å². The molecule has 0 aliphatic heterocycles. The second kappa shape index (κ2) is 7.57. The van der Waals surface area contributed by atoms with Gasteiger partial charge in [-0.1, -0.05) is 34.1 Å². The van der Waals surface area contributed by atoms with Crippen LogP contribution >= 0.6 is 15.9 Å². The zero-order valence-corrected chi connectivity index (χ0v) is 13.8. The standard InChI is InChI=1S/C17H19BrFNO/c1-3-21-17-9-8-13(18)11-14(17)16(20-2)10-12-6-4-5-7-15(12)19/h4-9,11,16,20H,3,10H2,1-2H3. The average Bonchev–Trinajstić information content (AvgIpc) is 2.49. The molecule has 21 heavy (non-hydrogen) atoms. The molecule has 0 saturated heterocycles. The molecule has 2 nitrogen and oxygen atoms in total. The molecule has 0 radical (unpaired) electrons. The van der Waals surface area contributed by atoms with Crippen LogP contribution in [0.1, 0.15) is 24.1 Å². The molecule has 0 aliphatic rings. The highest BCUT2D eigenvalue weighted by molar-refractivity contribution is 9.10. The molecule has 112 valence electrons. The third-order valence-corrected chi connectivity index (χ3v) is 3.87. The molecule has 2 aromatic carbocycles. The van der Waals surface area contributed by atoms with Crippen LogP contribution in [0.4, 0.5) is 4.39 Å². The normalized spacial score (nSPS) is 12.2. The largest absolute Gasteiger partial charge is 0.494 e. The Hall–Kier alpha value is -1.39. The van der Waals surface area contributed by atoms with Crippen LogP contribution in [-0.2, 0) is 6.42 Å². The third-order valence-electron chi connectivity index (χ3n) is 3.38. The monoisotopic (exact) mass is 351 g/mol. The predicted octanol–water partition coefficient (Wildman–Crippen LogP) is 4.49. The summed E-state index contributed by atoms with van der Waals surface area (Å²) in [6, 6.07) is 12.8. The van der Waals surface area contributed by atoms with Gasteiger partial charge in [-0.25, -0.2) is 4.39 Å². The number of nitrogens with one attached hydrogen (secondary N) is 1. The van der Waals surface area contributed by atoms with Crippen LogP contribution in [0.5, 0.6) is 5.75 Å². The maximum Gasteiger partial charge on any atom is 0.126 e. The van der Waals surface area contributed by atoms with Crippen LogP contribution in [0.15, 0.2) is 46.9 Å². The predicted molar refractivity (Wildman–Crippen MR) is 87.2 cm³/mol. The molecule has 0 bridgehead atoms. The Morgan fingerprint density at radius 1 is 1.24 bits per heavy atom. The lowest BCUT2D eigenvalue weighted by Crippen LogP contribution is -2.20. The number of halogens is 2. The lowest BCUT2D eigenvalue weighted by atomic mass is 9.98. The number of rotatable bonds is 6. The van der Waals surface area contributed by atoms with Gasteiger partial charge in [-0.2, -0.15) is 0 Å². The zero-order valence-electron chi connectivity index (χ0n) is 12.2. The van der Waals surface area contributed by atoms with E-state index in [0.29, 0.717) is 18.6 Å². The molecule has 0 amide bonds. The van der Waals surface area contributed by atoms with E-state index in [1.54, 1.807) is 6.07 Å². The number of hydrogen-bond acceptors (Lipinski definition) is 2. The molecule has 0 aromatic heterocycles. The molecule has 0 spiro atoms. The van der Waals surface area contributed by atoms with Crippen molar-refractivity contribution < 1.29 is 9.13 Å². The lowest BCUT2D eigenvalue weighted by molar-refractivity contribution is 0.332. The average molecular weight is 352 g/mol. The molecule has 2 aromatic rings. The SMILES string of the molecule is CCOc1ccc(Br)cc1C(Cc1ccccc1F)NC. The Kier molecular flexibility index (Phi) is 5.76. The second-order valence-electron chi connectivity index (χ2n) is 4.75. The van der Waals surface area contributed by atoms with Crippen molar-refractivity contribution in [2.24, 2.45) is 0 Å². The Balaban J connectivity index is 2.33. The second-order valence-corrected chi connectivity index (χ2v) is 5.67. The van der Waals surface area contributed by atoms with E-state index in [4.69, 9.17) is 4.74 Å². The van der Waals surface area contributed by atoms with Crippen molar-refractivity contribution in [2.75, 3.05) is 13.7 Å². The molecule has 0 aliphatic carbocycles. The maximum atomic E-state index is 13.9. The first kappa shape index (κ1) is 16.0.